The Hall–Kier alpha value is -3.39. The number of fused-ring (bicyclic) bond motifs is 4. The SMILES string of the molecule is [B]C1(C)C=Cc2nc3c4ccc(CC)c5c(CC)ccc(c(=O)n3c2C=C1C#N)c54. The van der Waals surface area contributed by atoms with Crippen LogP contribution in [-0.2, 0) is 12.8 Å². The van der Waals surface area contributed by atoms with E-state index in [0.29, 0.717) is 28.0 Å². The van der Waals surface area contributed by atoms with E-state index in [9.17, 15) is 10.1 Å². The highest BCUT2D eigenvalue weighted by Crippen LogP contribution is 2.39. The van der Waals surface area contributed by atoms with Crippen molar-refractivity contribution in [2.75, 3.05) is 0 Å². The number of imidazole rings is 1. The zero-order valence-electron chi connectivity index (χ0n) is 17.3. The first-order valence-corrected chi connectivity index (χ1v) is 10.3. The van der Waals surface area contributed by atoms with E-state index in [1.165, 1.54) is 16.5 Å². The molecule has 1 aliphatic rings. The number of benzene rings is 2. The molecule has 30 heavy (non-hydrogen) atoms. The van der Waals surface area contributed by atoms with Crippen molar-refractivity contribution in [2.45, 2.75) is 38.9 Å². The largest absolute Gasteiger partial charge is 0.268 e. The van der Waals surface area contributed by atoms with Gasteiger partial charge < -0.3 is 0 Å². The molecule has 5 heteroatoms. The molecule has 1 aliphatic carbocycles. The molecule has 2 aromatic heterocycles. The lowest BCUT2D eigenvalue weighted by Gasteiger charge is -2.18. The zero-order valence-corrected chi connectivity index (χ0v) is 17.3. The fourth-order valence-electron chi connectivity index (χ4n) is 4.60. The van der Waals surface area contributed by atoms with Crippen molar-refractivity contribution in [3.05, 3.63) is 68.8 Å². The maximum atomic E-state index is 13.7. The summed E-state index contributed by atoms with van der Waals surface area (Å²) in [4.78, 5) is 18.5. The highest BCUT2D eigenvalue weighted by molar-refractivity contribution is 6.20. The minimum absolute atomic E-state index is 0.116. The summed E-state index contributed by atoms with van der Waals surface area (Å²) in [5, 5.41) is 12.5. The number of pyridine rings is 1. The van der Waals surface area contributed by atoms with Crippen LogP contribution in [0.25, 0.3) is 39.3 Å². The molecule has 5 rings (SSSR count). The van der Waals surface area contributed by atoms with Gasteiger partial charge in [-0.15, -0.1) is 0 Å². The Morgan fingerprint density at radius 3 is 2.40 bits per heavy atom. The second-order valence-corrected chi connectivity index (χ2v) is 8.13. The average Bonchev–Trinajstić information content (AvgIpc) is 3.06. The lowest BCUT2D eigenvalue weighted by Crippen LogP contribution is -2.15. The zero-order chi connectivity index (χ0) is 21.2. The second kappa shape index (κ2) is 6.30. The Labute approximate surface area is 175 Å². The van der Waals surface area contributed by atoms with Crippen LogP contribution in [0.5, 0.6) is 0 Å². The number of rotatable bonds is 2. The monoisotopic (exact) mass is 389 g/mol. The molecule has 0 spiro atoms. The van der Waals surface area contributed by atoms with Crippen molar-refractivity contribution < 1.29 is 0 Å². The summed E-state index contributed by atoms with van der Waals surface area (Å²) >= 11 is 0. The van der Waals surface area contributed by atoms with Crippen LogP contribution in [-0.4, -0.2) is 17.2 Å². The van der Waals surface area contributed by atoms with E-state index in [0.717, 1.165) is 23.6 Å². The fourth-order valence-corrected chi connectivity index (χ4v) is 4.60. The lowest BCUT2D eigenvalue weighted by molar-refractivity contribution is 0.936. The summed E-state index contributed by atoms with van der Waals surface area (Å²) in [5.41, 5.74) is 4.64. The molecular formula is C25H20BN3O. The van der Waals surface area contributed by atoms with Crippen molar-refractivity contribution in [3.8, 4) is 6.07 Å². The van der Waals surface area contributed by atoms with E-state index in [1.54, 1.807) is 23.5 Å². The Morgan fingerprint density at radius 1 is 1.10 bits per heavy atom. The summed E-state index contributed by atoms with van der Waals surface area (Å²) in [5.74, 6) is 0. The van der Waals surface area contributed by atoms with Gasteiger partial charge in [0.25, 0.3) is 5.56 Å². The summed E-state index contributed by atoms with van der Waals surface area (Å²) in [6.45, 7) is 6.05. The summed E-state index contributed by atoms with van der Waals surface area (Å²) in [6, 6.07) is 10.4. The molecule has 0 amide bonds. The first-order chi connectivity index (χ1) is 14.4. The van der Waals surface area contributed by atoms with Crippen LogP contribution >= 0.6 is 0 Å². The van der Waals surface area contributed by atoms with Crippen molar-refractivity contribution >= 4 is 47.2 Å². The summed E-state index contributed by atoms with van der Waals surface area (Å²) < 4.78 is 1.63. The van der Waals surface area contributed by atoms with Gasteiger partial charge in [-0.05, 0) is 52.9 Å². The highest BCUT2D eigenvalue weighted by atomic mass is 16.1. The Kier molecular flexibility index (Phi) is 3.92. The summed E-state index contributed by atoms with van der Waals surface area (Å²) in [7, 11) is 6.28. The Morgan fingerprint density at radius 2 is 1.77 bits per heavy atom. The fraction of sp³-hybridized carbons (Fsp3) is 0.240. The van der Waals surface area contributed by atoms with Gasteiger partial charge in [-0.2, -0.15) is 5.26 Å². The minimum atomic E-state index is -0.905. The summed E-state index contributed by atoms with van der Waals surface area (Å²) in [6.07, 6.45) is 7.09. The number of hydrogen-bond donors (Lipinski definition) is 0. The van der Waals surface area contributed by atoms with Crippen LogP contribution in [0.2, 0.25) is 5.31 Å². The Bertz CT molecular complexity index is 1510. The van der Waals surface area contributed by atoms with Crippen LogP contribution < -0.4 is 5.56 Å². The van der Waals surface area contributed by atoms with E-state index in [-0.39, 0.29) is 5.56 Å². The molecule has 0 saturated heterocycles. The molecule has 2 aromatic carbocycles. The van der Waals surface area contributed by atoms with Crippen LogP contribution in [0.15, 0.2) is 40.7 Å². The van der Waals surface area contributed by atoms with E-state index >= 15 is 0 Å². The molecule has 144 valence electrons. The van der Waals surface area contributed by atoms with E-state index in [2.05, 4.69) is 38.1 Å². The molecule has 2 heterocycles. The van der Waals surface area contributed by atoms with E-state index in [4.69, 9.17) is 12.8 Å². The predicted octanol–water partition coefficient (Wildman–Crippen LogP) is 4.84. The topological polar surface area (TPSA) is 58.2 Å². The number of allylic oxidation sites excluding steroid dienone is 2. The maximum Gasteiger partial charge on any atom is 0.264 e. The smallest absolute Gasteiger partial charge is 0.264 e. The van der Waals surface area contributed by atoms with Gasteiger partial charge in [0.2, 0.25) is 0 Å². The number of nitriles is 1. The van der Waals surface area contributed by atoms with Gasteiger partial charge >= 0.3 is 0 Å². The molecule has 0 bridgehead atoms. The number of nitrogens with zero attached hydrogens (tertiary/aromatic N) is 3. The maximum absolute atomic E-state index is 13.7. The van der Waals surface area contributed by atoms with Crippen LogP contribution in [0.1, 0.15) is 43.3 Å². The number of aromatic nitrogens is 2. The molecule has 0 fully saturated rings. The Balaban J connectivity index is 2.02. The van der Waals surface area contributed by atoms with Crippen molar-refractivity contribution in [3.63, 3.8) is 0 Å². The quantitative estimate of drug-likeness (QED) is 0.461. The molecule has 1 atom stereocenters. The standard InChI is InChI=1S/C25H20BN3O/c1-4-14-6-8-17-22-18(9-7-15(5-2)21(14)22)24(30)29-20-12-16(13-27)25(3,26)11-10-19(20)28-23(17)29/h6-12H,4-5H2,1-3H3. The number of hydrogen-bond acceptors (Lipinski definition) is 3. The first-order valence-electron chi connectivity index (χ1n) is 10.3. The van der Waals surface area contributed by atoms with Gasteiger partial charge in [0.15, 0.2) is 0 Å². The molecular weight excluding hydrogens is 369 g/mol. The molecule has 0 saturated carbocycles. The molecule has 4 nitrogen and oxygen atoms in total. The second-order valence-electron chi connectivity index (χ2n) is 8.13. The van der Waals surface area contributed by atoms with Crippen molar-refractivity contribution in [1.29, 1.82) is 5.26 Å². The molecule has 2 radical (unpaired) electrons. The van der Waals surface area contributed by atoms with Crippen molar-refractivity contribution in [1.82, 2.24) is 9.38 Å². The first kappa shape index (κ1) is 18.6. The normalized spacial score (nSPS) is 18.5. The van der Waals surface area contributed by atoms with Gasteiger partial charge in [-0.3, -0.25) is 9.20 Å². The van der Waals surface area contributed by atoms with Gasteiger partial charge in [0.1, 0.15) is 5.65 Å². The molecule has 0 N–H and O–H groups in total. The van der Waals surface area contributed by atoms with Gasteiger partial charge in [-0.25, -0.2) is 4.98 Å². The van der Waals surface area contributed by atoms with Gasteiger partial charge in [0.05, 0.1) is 25.3 Å². The predicted molar refractivity (Wildman–Crippen MR) is 123 cm³/mol. The van der Waals surface area contributed by atoms with Gasteiger partial charge in [-0.1, -0.05) is 45.0 Å². The third-order valence-corrected chi connectivity index (χ3v) is 6.28. The molecule has 0 aliphatic heterocycles. The molecule has 4 aromatic rings. The average molecular weight is 389 g/mol. The van der Waals surface area contributed by atoms with Crippen LogP contribution in [0.4, 0.5) is 0 Å². The minimum Gasteiger partial charge on any atom is -0.268 e. The third-order valence-electron chi connectivity index (χ3n) is 6.28. The van der Waals surface area contributed by atoms with Crippen molar-refractivity contribution in [2.24, 2.45) is 0 Å². The number of aryl methyl sites for hydroxylation is 2. The van der Waals surface area contributed by atoms with Crippen LogP contribution in [0, 0.1) is 11.3 Å². The van der Waals surface area contributed by atoms with E-state index < -0.39 is 5.31 Å². The lowest BCUT2D eigenvalue weighted by atomic mass is 9.65. The molecule has 1 unspecified atom stereocenters. The highest BCUT2D eigenvalue weighted by Gasteiger charge is 2.26. The van der Waals surface area contributed by atoms with E-state index in [1.807, 2.05) is 12.1 Å². The third kappa shape index (κ3) is 2.34. The van der Waals surface area contributed by atoms with Crippen LogP contribution in [0.3, 0.4) is 0 Å². The van der Waals surface area contributed by atoms with Gasteiger partial charge in [0, 0.05) is 21.7 Å².